The molecule has 1 amide bonds. The Morgan fingerprint density at radius 3 is 2.71 bits per heavy atom. The van der Waals surface area contributed by atoms with Gasteiger partial charge in [0.05, 0.1) is 5.56 Å². The highest BCUT2D eigenvalue weighted by Crippen LogP contribution is 2.27. The zero-order valence-corrected chi connectivity index (χ0v) is 16.7. The minimum Gasteiger partial charge on any atom is -0.436 e. The SMILES string of the molecule is O=C(C=Cc1ccc(Cl)cc1)Nc1ccc2oc(-c3cncc(Br)c3)nc2c1. The molecule has 4 rings (SSSR count). The minimum absolute atomic E-state index is 0.241. The number of pyridine rings is 1. The van der Waals surface area contributed by atoms with Crippen molar-refractivity contribution in [2.45, 2.75) is 0 Å². The average Bonchev–Trinajstić information content (AvgIpc) is 3.11. The van der Waals surface area contributed by atoms with Crippen molar-refractivity contribution in [3.8, 4) is 11.5 Å². The Kier molecular flexibility index (Phi) is 5.23. The molecule has 0 unspecified atom stereocenters. The first-order valence-electron chi connectivity index (χ1n) is 8.33. The molecule has 2 aromatic heterocycles. The van der Waals surface area contributed by atoms with Crippen LogP contribution in [0.1, 0.15) is 5.56 Å². The number of fused-ring (bicyclic) bond motifs is 1. The highest BCUT2D eigenvalue weighted by atomic mass is 79.9. The van der Waals surface area contributed by atoms with Gasteiger partial charge in [0.2, 0.25) is 11.8 Å². The van der Waals surface area contributed by atoms with Gasteiger partial charge in [0, 0.05) is 33.7 Å². The standard InChI is InChI=1S/C21H13BrClN3O2/c22-15-9-14(11-24-12-15)21-26-18-10-17(6-7-19(18)28-21)25-20(27)8-3-13-1-4-16(23)5-2-13/h1-12H,(H,25,27). The number of carbonyl (C=O) groups excluding carboxylic acids is 1. The maximum Gasteiger partial charge on any atom is 0.248 e. The molecule has 0 atom stereocenters. The van der Waals surface area contributed by atoms with Gasteiger partial charge < -0.3 is 9.73 Å². The number of amides is 1. The Morgan fingerprint density at radius 2 is 1.93 bits per heavy atom. The summed E-state index contributed by atoms with van der Waals surface area (Å²) in [5.41, 5.74) is 3.56. The number of aromatic nitrogens is 2. The molecule has 4 aromatic rings. The maximum absolute atomic E-state index is 12.2. The molecule has 7 heteroatoms. The van der Waals surface area contributed by atoms with Crippen LogP contribution in [0.4, 0.5) is 5.69 Å². The smallest absolute Gasteiger partial charge is 0.248 e. The Hall–Kier alpha value is -2.96. The number of halogens is 2. The van der Waals surface area contributed by atoms with Gasteiger partial charge in [-0.25, -0.2) is 4.98 Å². The van der Waals surface area contributed by atoms with E-state index in [1.54, 1.807) is 48.8 Å². The molecule has 2 aromatic carbocycles. The lowest BCUT2D eigenvalue weighted by molar-refractivity contribution is -0.111. The molecule has 28 heavy (non-hydrogen) atoms. The molecule has 0 bridgehead atoms. The van der Waals surface area contributed by atoms with Crippen LogP contribution in [0.25, 0.3) is 28.6 Å². The molecular formula is C21H13BrClN3O2. The number of rotatable bonds is 4. The van der Waals surface area contributed by atoms with E-state index in [-0.39, 0.29) is 5.91 Å². The monoisotopic (exact) mass is 453 g/mol. The van der Waals surface area contributed by atoms with E-state index < -0.39 is 0 Å². The molecule has 138 valence electrons. The van der Waals surface area contributed by atoms with Crippen molar-refractivity contribution < 1.29 is 9.21 Å². The number of nitrogens with one attached hydrogen (secondary N) is 1. The average molecular weight is 455 g/mol. The van der Waals surface area contributed by atoms with Gasteiger partial charge in [0.25, 0.3) is 0 Å². The van der Waals surface area contributed by atoms with Crippen LogP contribution >= 0.6 is 27.5 Å². The summed E-state index contributed by atoms with van der Waals surface area (Å²) in [6.07, 6.45) is 6.56. The molecule has 5 nitrogen and oxygen atoms in total. The maximum atomic E-state index is 12.2. The second kappa shape index (κ2) is 7.96. The van der Waals surface area contributed by atoms with Gasteiger partial charge in [-0.1, -0.05) is 23.7 Å². The normalized spacial score (nSPS) is 11.2. The van der Waals surface area contributed by atoms with Crippen LogP contribution < -0.4 is 5.32 Å². The molecule has 0 aliphatic heterocycles. The van der Waals surface area contributed by atoms with Gasteiger partial charge in [-0.15, -0.1) is 0 Å². The fourth-order valence-corrected chi connectivity index (χ4v) is 3.08. The summed E-state index contributed by atoms with van der Waals surface area (Å²) in [6.45, 7) is 0. The van der Waals surface area contributed by atoms with E-state index in [2.05, 4.69) is 31.2 Å². The van der Waals surface area contributed by atoms with E-state index in [0.717, 1.165) is 15.6 Å². The second-order valence-corrected chi connectivity index (χ2v) is 7.32. The van der Waals surface area contributed by atoms with E-state index >= 15 is 0 Å². The summed E-state index contributed by atoms with van der Waals surface area (Å²) >= 11 is 9.24. The van der Waals surface area contributed by atoms with Crippen LogP contribution in [0, 0.1) is 0 Å². The summed E-state index contributed by atoms with van der Waals surface area (Å²) in [6, 6.07) is 14.4. The van der Waals surface area contributed by atoms with Crippen LogP contribution in [0.3, 0.4) is 0 Å². The molecule has 0 saturated carbocycles. The first-order chi connectivity index (χ1) is 13.6. The number of hydrogen-bond acceptors (Lipinski definition) is 4. The topological polar surface area (TPSA) is 68.0 Å². The first-order valence-corrected chi connectivity index (χ1v) is 9.50. The number of nitrogens with zero attached hydrogens (tertiary/aromatic N) is 2. The van der Waals surface area contributed by atoms with Crippen molar-refractivity contribution in [3.05, 3.63) is 82.1 Å². The quantitative estimate of drug-likeness (QED) is 0.386. The lowest BCUT2D eigenvalue weighted by atomic mass is 10.2. The van der Waals surface area contributed by atoms with Crippen molar-refractivity contribution in [1.29, 1.82) is 0 Å². The summed E-state index contributed by atoms with van der Waals surface area (Å²) < 4.78 is 6.62. The summed E-state index contributed by atoms with van der Waals surface area (Å²) in [5.74, 6) is 0.226. The molecule has 0 saturated heterocycles. The largest absolute Gasteiger partial charge is 0.436 e. The van der Waals surface area contributed by atoms with Gasteiger partial charge >= 0.3 is 0 Å². The predicted molar refractivity (Wildman–Crippen MR) is 114 cm³/mol. The molecule has 0 fully saturated rings. The number of hydrogen-bond donors (Lipinski definition) is 1. The summed E-state index contributed by atoms with van der Waals surface area (Å²) in [4.78, 5) is 20.8. The molecule has 0 aliphatic carbocycles. The van der Waals surface area contributed by atoms with Crippen LogP contribution in [-0.2, 0) is 4.79 Å². The lowest BCUT2D eigenvalue weighted by Crippen LogP contribution is -2.07. The van der Waals surface area contributed by atoms with Gasteiger partial charge in [0.15, 0.2) is 5.58 Å². The summed E-state index contributed by atoms with van der Waals surface area (Å²) in [5, 5.41) is 3.47. The molecule has 0 aliphatic rings. The van der Waals surface area contributed by atoms with Crippen LogP contribution in [0.5, 0.6) is 0 Å². The zero-order valence-electron chi connectivity index (χ0n) is 14.4. The molecule has 0 spiro atoms. The first kappa shape index (κ1) is 18.4. The van der Waals surface area contributed by atoms with Crippen molar-refractivity contribution in [2.24, 2.45) is 0 Å². The van der Waals surface area contributed by atoms with Gasteiger partial charge in [-0.2, -0.15) is 0 Å². The van der Waals surface area contributed by atoms with E-state index in [1.807, 2.05) is 18.2 Å². The van der Waals surface area contributed by atoms with Crippen molar-refractivity contribution >= 4 is 56.3 Å². The van der Waals surface area contributed by atoms with E-state index in [1.165, 1.54) is 6.08 Å². The molecule has 2 heterocycles. The Morgan fingerprint density at radius 1 is 1.11 bits per heavy atom. The number of carbonyl (C=O) groups is 1. The van der Waals surface area contributed by atoms with Gasteiger partial charge in [-0.3, -0.25) is 9.78 Å². The lowest BCUT2D eigenvalue weighted by Gasteiger charge is -2.01. The number of oxazole rings is 1. The van der Waals surface area contributed by atoms with Crippen LogP contribution in [-0.4, -0.2) is 15.9 Å². The molecule has 0 radical (unpaired) electrons. The fourth-order valence-electron chi connectivity index (χ4n) is 2.59. The molecule has 1 N–H and O–H groups in total. The summed E-state index contributed by atoms with van der Waals surface area (Å²) in [7, 11) is 0. The minimum atomic E-state index is -0.241. The third-order valence-electron chi connectivity index (χ3n) is 3.90. The fraction of sp³-hybridized carbons (Fsp3) is 0. The van der Waals surface area contributed by atoms with E-state index in [4.69, 9.17) is 16.0 Å². The third-order valence-corrected chi connectivity index (χ3v) is 4.59. The van der Waals surface area contributed by atoms with Crippen molar-refractivity contribution in [3.63, 3.8) is 0 Å². The van der Waals surface area contributed by atoms with E-state index in [0.29, 0.717) is 27.7 Å². The third kappa shape index (κ3) is 4.30. The van der Waals surface area contributed by atoms with Crippen molar-refractivity contribution in [1.82, 2.24) is 9.97 Å². The van der Waals surface area contributed by atoms with Crippen LogP contribution in [0.2, 0.25) is 5.02 Å². The van der Waals surface area contributed by atoms with Gasteiger partial charge in [-0.05, 0) is 64.0 Å². The van der Waals surface area contributed by atoms with Crippen molar-refractivity contribution in [2.75, 3.05) is 5.32 Å². The Labute approximate surface area is 174 Å². The number of anilines is 1. The number of benzene rings is 2. The predicted octanol–water partition coefficient (Wildman–Crippen LogP) is 5.96. The Balaban J connectivity index is 1.51. The Bertz CT molecular complexity index is 1190. The second-order valence-electron chi connectivity index (χ2n) is 5.97. The zero-order chi connectivity index (χ0) is 19.5. The van der Waals surface area contributed by atoms with E-state index in [9.17, 15) is 4.79 Å². The van der Waals surface area contributed by atoms with Gasteiger partial charge in [0.1, 0.15) is 5.52 Å². The van der Waals surface area contributed by atoms with Crippen LogP contribution in [0.15, 0.2) is 75.9 Å². The highest BCUT2D eigenvalue weighted by molar-refractivity contribution is 9.10. The molecular weight excluding hydrogens is 442 g/mol. The highest BCUT2D eigenvalue weighted by Gasteiger charge is 2.10.